The lowest BCUT2D eigenvalue weighted by atomic mass is 9.64. The van der Waals surface area contributed by atoms with E-state index in [1.165, 1.54) is 0 Å². The fraction of sp³-hybridized carbons (Fsp3) is 0.194. The number of para-hydroxylation sites is 1. The van der Waals surface area contributed by atoms with E-state index in [-0.39, 0.29) is 17.3 Å². The van der Waals surface area contributed by atoms with E-state index in [1.54, 1.807) is 36.4 Å². The first kappa shape index (κ1) is 25.2. The molecular weight excluding hydrogens is 510 g/mol. The van der Waals surface area contributed by atoms with Crippen LogP contribution in [0.4, 0.5) is 5.69 Å². The van der Waals surface area contributed by atoms with Gasteiger partial charge in [0.05, 0.1) is 12.6 Å². The van der Waals surface area contributed by atoms with E-state index >= 15 is 0 Å². The molecular formula is C36H29NO4. The van der Waals surface area contributed by atoms with Crippen molar-refractivity contribution >= 4 is 29.1 Å². The van der Waals surface area contributed by atoms with Crippen LogP contribution in [0.25, 0.3) is 6.08 Å². The third kappa shape index (κ3) is 3.45. The molecule has 0 radical (unpaired) electrons. The molecule has 0 saturated carbocycles. The maximum absolute atomic E-state index is 14.8. The van der Waals surface area contributed by atoms with Crippen molar-refractivity contribution < 1.29 is 19.1 Å². The van der Waals surface area contributed by atoms with Crippen molar-refractivity contribution in [2.75, 3.05) is 11.5 Å². The zero-order chi connectivity index (χ0) is 28.3. The molecule has 4 aromatic carbocycles. The zero-order valence-corrected chi connectivity index (χ0v) is 22.9. The largest absolute Gasteiger partial charge is 0.494 e. The first-order valence-electron chi connectivity index (χ1n) is 14.0. The van der Waals surface area contributed by atoms with Gasteiger partial charge in [0.15, 0.2) is 17.3 Å². The van der Waals surface area contributed by atoms with Crippen LogP contribution in [0.2, 0.25) is 0 Å². The molecule has 2 heterocycles. The van der Waals surface area contributed by atoms with Gasteiger partial charge in [-0.3, -0.25) is 14.4 Å². The molecule has 5 heteroatoms. The molecule has 41 heavy (non-hydrogen) atoms. The molecule has 0 aromatic heterocycles. The number of carbonyl (C=O) groups excluding carboxylic acids is 3. The number of nitrogens with zero attached hydrogens (tertiary/aromatic N) is 1. The number of hydrogen-bond acceptors (Lipinski definition) is 5. The second kappa shape index (κ2) is 9.41. The first-order chi connectivity index (χ1) is 20.0. The van der Waals surface area contributed by atoms with Crippen molar-refractivity contribution in [3.05, 3.63) is 137 Å². The van der Waals surface area contributed by atoms with Gasteiger partial charge in [0.1, 0.15) is 17.2 Å². The van der Waals surface area contributed by atoms with Gasteiger partial charge in [-0.1, -0.05) is 96.6 Å². The highest BCUT2D eigenvalue weighted by molar-refractivity contribution is 6.32. The van der Waals surface area contributed by atoms with E-state index < -0.39 is 23.4 Å². The number of aryl methyl sites for hydroxylation is 1. The molecule has 0 N–H and O–H groups in total. The summed E-state index contributed by atoms with van der Waals surface area (Å²) in [6.07, 6.45) is 3.95. The standard InChI is InChI=1S/C36H29NO4/c1-3-41-29-16-10-9-15-27(29)31-32(33(38)23-11-5-4-6-12-23)37-28-19-17-22(2)21-24(28)18-20-30(37)36(31)34(39)25-13-7-8-14-26(25)35(36)40/h4-21,30-32H,3H2,1-2H3. The minimum atomic E-state index is -1.55. The van der Waals surface area contributed by atoms with Crippen molar-refractivity contribution in [1.82, 2.24) is 0 Å². The molecule has 1 spiro atoms. The molecule has 1 saturated heterocycles. The number of hydrogen-bond donors (Lipinski definition) is 0. The summed E-state index contributed by atoms with van der Waals surface area (Å²) in [4.78, 5) is 46.3. The van der Waals surface area contributed by atoms with Crippen molar-refractivity contribution in [3.8, 4) is 5.75 Å². The number of benzene rings is 4. The normalized spacial score (nSPS) is 21.5. The quantitative estimate of drug-likeness (QED) is 0.208. The van der Waals surface area contributed by atoms with Crippen LogP contribution in [-0.2, 0) is 0 Å². The molecule has 1 aliphatic carbocycles. The maximum atomic E-state index is 14.8. The van der Waals surface area contributed by atoms with E-state index in [9.17, 15) is 14.4 Å². The van der Waals surface area contributed by atoms with Crippen LogP contribution in [0.15, 0.2) is 103 Å². The van der Waals surface area contributed by atoms with Gasteiger partial charge in [-0.2, -0.15) is 0 Å². The summed E-state index contributed by atoms with van der Waals surface area (Å²) >= 11 is 0. The van der Waals surface area contributed by atoms with Gasteiger partial charge < -0.3 is 9.64 Å². The molecule has 202 valence electrons. The molecule has 1 fully saturated rings. The molecule has 7 rings (SSSR count). The highest BCUT2D eigenvalue weighted by atomic mass is 16.5. The predicted octanol–water partition coefficient (Wildman–Crippen LogP) is 6.71. The van der Waals surface area contributed by atoms with Crippen LogP contribution in [0.1, 0.15) is 60.6 Å². The average Bonchev–Trinajstić information content (AvgIpc) is 3.43. The summed E-state index contributed by atoms with van der Waals surface area (Å²) in [5.74, 6) is -0.842. The fourth-order valence-corrected chi connectivity index (χ4v) is 7.24. The number of ketones is 3. The van der Waals surface area contributed by atoms with E-state index in [0.717, 1.165) is 16.8 Å². The number of fused-ring (bicyclic) bond motifs is 5. The highest BCUT2D eigenvalue weighted by Crippen LogP contribution is 2.62. The van der Waals surface area contributed by atoms with Crippen molar-refractivity contribution in [1.29, 1.82) is 0 Å². The van der Waals surface area contributed by atoms with Crippen LogP contribution in [0, 0.1) is 12.3 Å². The minimum absolute atomic E-state index is 0.137. The van der Waals surface area contributed by atoms with Crippen molar-refractivity contribution in [2.45, 2.75) is 31.8 Å². The minimum Gasteiger partial charge on any atom is -0.494 e. The van der Waals surface area contributed by atoms with Gasteiger partial charge in [-0.15, -0.1) is 0 Å². The van der Waals surface area contributed by atoms with Gasteiger partial charge in [0, 0.05) is 33.9 Å². The summed E-state index contributed by atoms with van der Waals surface area (Å²) in [6, 6.07) is 28.3. The highest BCUT2D eigenvalue weighted by Gasteiger charge is 2.71. The number of ether oxygens (including phenoxy) is 1. The Morgan fingerprint density at radius 1 is 0.854 bits per heavy atom. The van der Waals surface area contributed by atoms with Crippen LogP contribution in [0.5, 0.6) is 5.75 Å². The smallest absolute Gasteiger partial charge is 0.185 e. The molecule has 3 aliphatic rings. The number of Topliss-reactive ketones (excluding diaryl/α,β-unsaturated/α-hetero) is 3. The molecule has 0 bridgehead atoms. The summed E-state index contributed by atoms with van der Waals surface area (Å²) < 4.78 is 6.10. The Kier molecular flexibility index (Phi) is 5.79. The summed E-state index contributed by atoms with van der Waals surface area (Å²) in [7, 11) is 0. The first-order valence-corrected chi connectivity index (χ1v) is 14.0. The molecule has 3 atom stereocenters. The fourth-order valence-electron chi connectivity index (χ4n) is 7.24. The Hall–Kier alpha value is -4.77. The van der Waals surface area contributed by atoms with Gasteiger partial charge in [0.25, 0.3) is 0 Å². The molecule has 3 unspecified atom stereocenters. The van der Waals surface area contributed by atoms with Gasteiger partial charge in [0.2, 0.25) is 0 Å². The monoisotopic (exact) mass is 539 g/mol. The summed E-state index contributed by atoms with van der Waals surface area (Å²) in [5.41, 5.74) is 3.37. The Balaban J connectivity index is 1.57. The third-order valence-corrected chi connectivity index (χ3v) is 8.84. The summed E-state index contributed by atoms with van der Waals surface area (Å²) in [5, 5.41) is 0. The van der Waals surface area contributed by atoms with Crippen LogP contribution < -0.4 is 9.64 Å². The summed E-state index contributed by atoms with van der Waals surface area (Å²) in [6.45, 7) is 4.34. The Labute approximate surface area is 239 Å². The second-order valence-electron chi connectivity index (χ2n) is 11.0. The van der Waals surface area contributed by atoms with E-state index in [1.807, 2.05) is 85.5 Å². The van der Waals surface area contributed by atoms with E-state index in [0.29, 0.717) is 34.6 Å². The lowest BCUT2D eigenvalue weighted by Gasteiger charge is -2.37. The Morgan fingerprint density at radius 2 is 1.51 bits per heavy atom. The number of anilines is 1. The van der Waals surface area contributed by atoms with Gasteiger partial charge in [-0.05, 0) is 37.6 Å². The van der Waals surface area contributed by atoms with Crippen LogP contribution in [0.3, 0.4) is 0 Å². The number of rotatable bonds is 5. The average molecular weight is 540 g/mol. The second-order valence-corrected chi connectivity index (χ2v) is 11.0. The van der Waals surface area contributed by atoms with Gasteiger partial charge in [-0.25, -0.2) is 0 Å². The Morgan fingerprint density at radius 3 is 2.22 bits per heavy atom. The SMILES string of the molecule is CCOc1ccccc1C1C(C(=O)c2ccccc2)N2c3ccc(C)cc3C=CC2C12C(=O)c1ccccc1C2=O. The third-order valence-electron chi connectivity index (χ3n) is 8.84. The van der Waals surface area contributed by atoms with E-state index in [2.05, 4.69) is 6.07 Å². The topological polar surface area (TPSA) is 63.7 Å². The lowest BCUT2D eigenvalue weighted by molar-refractivity contribution is 0.0664. The van der Waals surface area contributed by atoms with Crippen LogP contribution in [-0.4, -0.2) is 36.0 Å². The molecule has 2 aliphatic heterocycles. The van der Waals surface area contributed by atoms with Gasteiger partial charge >= 0.3 is 0 Å². The molecule has 0 amide bonds. The number of carbonyl (C=O) groups is 3. The van der Waals surface area contributed by atoms with Crippen LogP contribution >= 0.6 is 0 Å². The zero-order valence-electron chi connectivity index (χ0n) is 22.9. The Bertz CT molecular complexity index is 1720. The maximum Gasteiger partial charge on any atom is 0.185 e. The molecule has 4 aromatic rings. The lowest BCUT2D eigenvalue weighted by Crippen LogP contribution is -2.48. The molecule has 5 nitrogen and oxygen atoms in total. The van der Waals surface area contributed by atoms with E-state index in [4.69, 9.17) is 4.74 Å². The predicted molar refractivity (Wildman–Crippen MR) is 159 cm³/mol. The van der Waals surface area contributed by atoms with Crippen molar-refractivity contribution in [2.24, 2.45) is 5.41 Å². The van der Waals surface area contributed by atoms with Crippen molar-refractivity contribution in [3.63, 3.8) is 0 Å².